The van der Waals surface area contributed by atoms with Crippen molar-refractivity contribution in [2.24, 2.45) is 0 Å². The van der Waals surface area contributed by atoms with Crippen LogP contribution in [0.4, 0.5) is 14.9 Å². The van der Waals surface area contributed by atoms with Crippen molar-refractivity contribution in [1.29, 1.82) is 0 Å². The zero-order valence-corrected chi connectivity index (χ0v) is 16.5. The number of aryl methyl sites for hydroxylation is 2. The lowest BCUT2D eigenvalue weighted by atomic mass is 9.99. The van der Waals surface area contributed by atoms with E-state index in [1.807, 2.05) is 4.72 Å². The third kappa shape index (κ3) is 3.07. The van der Waals surface area contributed by atoms with Gasteiger partial charge in [0.15, 0.2) is 0 Å². The molecule has 150 valence electrons. The lowest BCUT2D eigenvalue weighted by Crippen LogP contribution is -2.35. The standard InChI is InChI=1S/C21H20FN3O3S/c22-17-10-14-7-8-23-18(14)11-19(17)29(27,28)25-21(26)24-20-15-5-1-3-12(15)9-13-4-2-6-16(13)20/h7-11,23H,1-6H2,(H2,24,25,26). The molecular weight excluding hydrogens is 393 g/mol. The number of sulfonamides is 1. The van der Waals surface area contributed by atoms with Crippen molar-refractivity contribution >= 4 is 32.6 Å². The van der Waals surface area contributed by atoms with Crippen LogP contribution in [0.1, 0.15) is 35.1 Å². The second-order valence-corrected chi connectivity index (χ2v) is 9.29. The molecule has 0 saturated heterocycles. The summed E-state index contributed by atoms with van der Waals surface area (Å²) >= 11 is 0. The van der Waals surface area contributed by atoms with Gasteiger partial charge in [-0.05, 0) is 79.0 Å². The third-order valence-electron chi connectivity index (χ3n) is 5.83. The summed E-state index contributed by atoms with van der Waals surface area (Å²) in [6.45, 7) is 0. The molecule has 0 fully saturated rings. The van der Waals surface area contributed by atoms with Gasteiger partial charge in [0.2, 0.25) is 0 Å². The monoisotopic (exact) mass is 413 g/mol. The molecule has 2 aliphatic carbocycles. The molecule has 0 saturated carbocycles. The molecule has 5 rings (SSSR count). The first kappa shape index (κ1) is 18.2. The van der Waals surface area contributed by atoms with Gasteiger partial charge in [0.1, 0.15) is 10.7 Å². The number of hydrogen-bond donors (Lipinski definition) is 3. The summed E-state index contributed by atoms with van der Waals surface area (Å²) in [5, 5.41) is 3.32. The number of urea groups is 1. The Morgan fingerprint density at radius 2 is 1.69 bits per heavy atom. The van der Waals surface area contributed by atoms with Crippen LogP contribution in [0.2, 0.25) is 0 Å². The summed E-state index contributed by atoms with van der Waals surface area (Å²) in [7, 11) is -4.36. The fourth-order valence-corrected chi connectivity index (χ4v) is 5.54. The second kappa shape index (κ2) is 6.59. The van der Waals surface area contributed by atoms with Crippen LogP contribution in [-0.4, -0.2) is 19.4 Å². The molecule has 3 N–H and O–H groups in total. The fraction of sp³-hybridized carbons (Fsp3) is 0.286. The van der Waals surface area contributed by atoms with Crippen LogP contribution in [-0.2, 0) is 35.7 Å². The molecule has 2 aliphatic rings. The molecule has 3 aromatic rings. The van der Waals surface area contributed by atoms with Crippen LogP contribution in [0.25, 0.3) is 10.9 Å². The number of amides is 2. The van der Waals surface area contributed by atoms with E-state index < -0.39 is 26.8 Å². The highest BCUT2D eigenvalue weighted by atomic mass is 32.2. The minimum absolute atomic E-state index is 0.478. The number of aromatic nitrogens is 1. The second-order valence-electron chi connectivity index (χ2n) is 7.64. The number of aromatic amines is 1. The van der Waals surface area contributed by atoms with Crippen molar-refractivity contribution in [2.75, 3.05) is 5.32 Å². The number of fused-ring (bicyclic) bond motifs is 3. The Balaban J connectivity index is 1.45. The SMILES string of the molecule is O=C(Nc1c2c(cc3c1CCC3)CCC2)NS(=O)(=O)c1cc2[nH]ccc2cc1F. The summed E-state index contributed by atoms with van der Waals surface area (Å²) in [4.78, 5) is 14.9. The number of rotatable bonds is 3. The quantitative estimate of drug-likeness (QED) is 0.610. The fourth-order valence-electron chi connectivity index (χ4n) is 4.54. The summed E-state index contributed by atoms with van der Waals surface area (Å²) in [5.41, 5.74) is 5.86. The van der Waals surface area contributed by atoms with Gasteiger partial charge in [-0.15, -0.1) is 0 Å². The van der Waals surface area contributed by atoms with Crippen molar-refractivity contribution in [3.8, 4) is 0 Å². The molecule has 2 amide bonds. The van der Waals surface area contributed by atoms with E-state index in [0.29, 0.717) is 10.9 Å². The Kier molecular flexibility index (Phi) is 4.13. The molecule has 1 heterocycles. The minimum Gasteiger partial charge on any atom is -0.361 e. The molecule has 8 heteroatoms. The number of carbonyl (C=O) groups is 1. The maximum atomic E-state index is 14.4. The number of hydrogen-bond acceptors (Lipinski definition) is 3. The van der Waals surface area contributed by atoms with Crippen LogP contribution >= 0.6 is 0 Å². The molecule has 0 radical (unpaired) electrons. The normalized spacial score (nSPS) is 15.3. The molecule has 0 bridgehead atoms. The van der Waals surface area contributed by atoms with E-state index in [2.05, 4.69) is 16.4 Å². The summed E-state index contributed by atoms with van der Waals surface area (Å²) in [6.07, 6.45) is 7.31. The minimum atomic E-state index is -4.36. The number of H-pyrrole nitrogens is 1. The topological polar surface area (TPSA) is 91.1 Å². The smallest absolute Gasteiger partial charge is 0.333 e. The first-order chi connectivity index (χ1) is 13.9. The average Bonchev–Trinajstić information content (AvgIpc) is 3.39. The first-order valence-electron chi connectivity index (χ1n) is 9.69. The van der Waals surface area contributed by atoms with Gasteiger partial charge < -0.3 is 10.3 Å². The highest BCUT2D eigenvalue weighted by molar-refractivity contribution is 7.90. The third-order valence-corrected chi connectivity index (χ3v) is 7.18. The predicted molar refractivity (Wildman–Crippen MR) is 108 cm³/mol. The van der Waals surface area contributed by atoms with Gasteiger partial charge in [0.25, 0.3) is 10.0 Å². The molecule has 0 atom stereocenters. The maximum Gasteiger partial charge on any atom is 0.333 e. The van der Waals surface area contributed by atoms with Crippen LogP contribution in [0.5, 0.6) is 0 Å². The summed E-state index contributed by atoms with van der Waals surface area (Å²) < 4.78 is 41.7. The van der Waals surface area contributed by atoms with Gasteiger partial charge in [-0.2, -0.15) is 0 Å². The molecule has 29 heavy (non-hydrogen) atoms. The van der Waals surface area contributed by atoms with Crippen molar-refractivity contribution < 1.29 is 17.6 Å². The van der Waals surface area contributed by atoms with E-state index >= 15 is 0 Å². The van der Waals surface area contributed by atoms with Gasteiger partial charge in [0.05, 0.1) is 0 Å². The highest BCUT2D eigenvalue weighted by Crippen LogP contribution is 2.38. The van der Waals surface area contributed by atoms with E-state index in [0.717, 1.165) is 61.4 Å². The summed E-state index contributed by atoms with van der Waals surface area (Å²) in [5.74, 6) is -0.904. The Labute approximate surface area is 167 Å². The van der Waals surface area contributed by atoms with Crippen LogP contribution in [0.3, 0.4) is 0 Å². The number of anilines is 1. The molecule has 0 spiro atoms. The van der Waals surface area contributed by atoms with Crippen molar-refractivity contribution in [1.82, 2.24) is 9.71 Å². The average molecular weight is 413 g/mol. The zero-order chi connectivity index (χ0) is 20.2. The predicted octanol–water partition coefficient (Wildman–Crippen LogP) is 3.79. The van der Waals surface area contributed by atoms with Crippen LogP contribution in [0, 0.1) is 5.82 Å². The van der Waals surface area contributed by atoms with Crippen LogP contribution in [0.15, 0.2) is 35.4 Å². The molecule has 0 aliphatic heterocycles. The van der Waals surface area contributed by atoms with Crippen molar-refractivity contribution in [3.63, 3.8) is 0 Å². The summed E-state index contributed by atoms with van der Waals surface area (Å²) in [6, 6.07) is 5.33. The lowest BCUT2D eigenvalue weighted by molar-refractivity contribution is 0.256. The molecular formula is C21H20FN3O3S. The van der Waals surface area contributed by atoms with Crippen molar-refractivity contribution in [3.05, 3.63) is 58.5 Å². The van der Waals surface area contributed by atoms with E-state index in [4.69, 9.17) is 0 Å². The Hall–Kier alpha value is -2.87. The number of carbonyl (C=O) groups excluding carboxylic acids is 1. The van der Waals surface area contributed by atoms with Crippen LogP contribution < -0.4 is 10.0 Å². The van der Waals surface area contributed by atoms with Gasteiger partial charge >= 0.3 is 6.03 Å². The molecule has 1 aromatic heterocycles. The Bertz CT molecular complexity index is 1230. The number of benzene rings is 2. The lowest BCUT2D eigenvalue weighted by Gasteiger charge is -2.16. The van der Waals surface area contributed by atoms with Gasteiger partial charge in [0, 0.05) is 22.8 Å². The van der Waals surface area contributed by atoms with Crippen molar-refractivity contribution in [2.45, 2.75) is 43.4 Å². The molecule has 2 aromatic carbocycles. The van der Waals surface area contributed by atoms with E-state index in [1.165, 1.54) is 17.2 Å². The first-order valence-corrected chi connectivity index (χ1v) is 11.2. The molecule has 0 unspecified atom stereocenters. The highest BCUT2D eigenvalue weighted by Gasteiger charge is 2.27. The van der Waals surface area contributed by atoms with Gasteiger partial charge in [-0.25, -0.2) is 22.3 Å². The number of nitrogens with one attached hydrogen (secondary N) is 3. The van der Waals surface area contributed by atoms with Gasteiger partial charge in [-0.1, -0.05) is 6.07 Å². The van der Waals surface area contributed by atoms with E-state index in [-0.39, 0.29) is 0 Å². The zero-order valence-electron chi connectivity index (χ0n) is 15.6. The Morgan fingerprint density at radius 1 is 1.00 bits per heavy atom. The van der Waals surface area contributed by atoms with E-state index in [1.54, 1.807) is 12.3 Å². The molecule has 6 nitrogen and oxygen atoms in total. The van der Waals surface area contributed by atoms with E-state index in [9.17, 15) is 17.6 Å². The Morgan fingerprint density at radius 3 is 2.38 bits per heavy atom. The number of halogens is 1. The van der Waals surface area contributed by atoms with Gasteiger partial charge in [-0.3, -0.25) is 0 Å². The maximum absolute atomic E-state index is 14.4. The largest absolute Gasteiger partial charge is 0.361 e.